The van der Waals surface area contributed by atoms with Crippen LogP contribution in [0, 0.1) is 5.92 Å². The van der Waals surface area contributed by atoms with Gasteiger partial charge in [-0.2, -0.15) is 4.98 Å². The summed E-state index contributed by atoms with van der Waals surface area (Å²) in [4.78, 5) is 14.5. The summed E-state index contributed by atoms with van der Waals surface area (Å²) in [7, 11) is 1.58. The van der Waals surface area contributed by atoms with Gasteiger partial charge in [0.25, 0.3) is 0 Å². The zero-order valence-electron chi connectivity index (χ0n) is 9.64. The number of aryl methyl sites for hydroxylation is 1. The van der Waals surface area contributed by atoms with Crippen molar-refractivity contribution in [3.63, 3.8) is 0 Å². The van der Waals surface area contributed by atoms with Gasteiger partial charge in [0.05, 0.1) is 6.42 Å². The molecule has 6 nitrogen and oxygen atoms in total. The van der Waals surface area contributed by atoms with E-state index in [1.54, 1.807) is 7.11 Å². The van der Waals surface area contributed by atoms with Crippen LogP contribution in [0.1, 0.15) is 38.1 Å². The molecule has 0 bridgehead atoms. The molecule has 1 aromatic rings. The first-order chi connectivity index (χ1) is 7.54. The second-order valence-electron chi connectivity index (χ2n) is 3.84. The molecule has 0 fully saturated rings. The van der Waals surface area contributed by atoms with Crippen molar-refractivity contribution < 1.29 is 19.2 Å². The van der Waals surface area contributed by atoms with Gasteiger partial charge >= 0.3 is 5.97 Å². The Morgan fingerprint density at radius 2 is 2.25 bits per heavy atom. The first kappa shape index (κ1) is 12.6. The predicted octanol–water partition coefficient (Wildman–Crippen LogP) is 1.43. The van der Waals surface area contributed by atoms with Crippen molar-refractivity contribution in [3.8, 4) is 0 Å². The minimum Gasteiger partial charge on any atom is -0.481 e. The highest BCUT2D eigenvalue weighted by Gasteiger charge is 2.21. The van der Waals surface area contributed by atoms with Crippen molar-refractivity contribution in [1.82, 2.24) is 10.1 Å². The van der Waals surface area contributed by atoms with Gasteiger partial charge in [-0.15, -0.1) is 0 Å². The molecular weight excluding hydrogens is 212 g/mol. The van der Waals surface area contributed by atoms with E-state index in [4.69, 9.17) is 14.4 Å². The number of aromatic nitrogens is 2. The maximum atomic E-state index is 10.4. The molecule has 90 valence electrons. The summed E-state index contributed by atoms with van der Waals surface area (Å²) >= 11 is 0. The molecule has 1 heterocycles. The lowest BCUT2D eigenvalue weighted by Gasteiger charge is -2.14. The Labute approximate surface area is 93.6 Å². The SMILES string of the molecule is COC(c1noc(CCC(=O)O)n1)C(C)C. The van der Waals surface area contributed by atoms with E-state index in [2.05, 4.69) is 10.1 Å². The normalized spacial score (nSPS) is 13.0. The molecule has 6 heteroatoms. The molecule has 16 heavy (non-hydrogen) atoms. The van der Waals surface area contributed by atoms with E-state index in [1.165, 1.54) is 0 Å². The Kier molecular flexibility index (Phi) is 4.42. The van der Waals surface area contributed by atoms with Crippen molar-refractivity contribution in [1.29, 1.82) is 0 Å². The summed E-state index contributed by atoms with van der Waals surface area (Å²) in [6, 6.07) is 0. The van der Waals surface area contributed by atoms with Gasteiger partial charge in [-0.1, -0.05) is 19.0 Å². The topological polar surface area (TPSA) is 85.5 Å². The van der Waals surface area contributed by atoms with E-state index in [0.29, 0.717) is 11.7 Å². The van der Waals surface area contributed by atoms with Crippen LogP contribution in [0.25, 0.3) is 0 Å². The second kappa shape index (κ2) is 5.60. The fourth-order valence-corrected chi connectivity index (χ4v) is 1.37. The van der Waals surface area contributed by atoms with Crippen molar-refractivity contribution in [2.24, 2.45) is 5.92 Å². The van der Waals surface area contributed by atoms with Gasteiger partial charge in [0, 0.05) is 13.5 Å². The Bertz CT molecular complexity index is 348. The number of aliphatic carboxylic acids is 1. The summed E-state index contributed by atoms with van der Waals surface area (Å²) in [5.74, 6) is 0.153. The first-order valence-corrected chi connectivity index (χ1v) is 5.11. The molecule has 1 rings (SSSR count). The van der Waals surface area contributed by atoms with Gasteiger partial charge in [-0.25, -0.2) is 0 Å². The average Bonchev–Trinajstić information content (AvgIpc) is 2.64. The number of rotatable bonds is 6. The molecule has 0 saturated carbocycles. The number of carboxylic acids is 1. The lowest BCUT2D eigenvalue weighted by atomic mass is 10.1. The van der Waals surface area contributed by atoms with Crippen LogP contribution in [0.4, 0.5) is 0 Å². The van der Waals surface area contributed by atoms with Crippen molar-refractivity contribution in [3.05, 3.63) is 11.7 Å². The Hall–Kier alpha value is -1.43. The van der Waals surface area contributed by atoms with E-state index in [0.717, 1.165) is 0 Å². The smallest absolute Gasteiger partial charge is 0.303 e. The Morgan fingerprint density at radius 3 is 2.75 bits per heavy atom. The molecule has 0 radical (unpaired) electrons. The molecular formula is C10H16N2O4. The average molecular weight is 228 g/mol. The maximum Gasteiger partial charge on any atom is 0.303 e. The quantitative estimate of drug-likeness (QED) is 0.792. The highest BCUT2D eigenvalue weighted by molar-refractivity contribution is 5.66. The summed E-state index contributed by atoms with van der Waals surface area (Å²) < 4.78 is 10.2. The number of nitrogens with zero attached hydrogens (tertiary/aromatic N) is 2. The molecule has 0 aromatic carbocycles. The molecule has 0 spiro atoms. The van der Waals surface area contributed by atoms with Gasteiger partial charge in [-0.3, -0.25) is 4.79 Å². The van der Waals surface area contributed by atoms with Crippen LogP contribution in [0.2, 0.25) is 0 Å². The predicted molar refractivity (Wildman–Crippen MR) is 54.8 cm³/mol. The van der Waals surface area contributed by atoms with E-state index in [-0.39, 0.29) is 24.9 Å². The molecule has 0 aliphatic carbocycles. The molecule has 0 aliphatic heterocycles. The van der Waals surface area contributed by atoms with Gasteiger partial charge in [-0.05, 0) is 5.92 Å². The highest BCUT2D eigenvalue weighted by atomic mass is 16.5. The largest absolute Gasteiger partial charge is 0.481 e. The number of hydrogen-bond donors (Lipinski definition) is 1. The number of hydrogen-bond acceptors (Lipinski definition) is 5. The molecule has 1 unspecified atom stereocenters. The third-order valence-corrected chi connectivity index (χ3v) is 2.15. The van der Waals surface area contributed by atoms with Crippen molar-refractivity contribution >= 4 is 5.97 Å². The van der Waals surface area contributed by atoms with Crippen LogP contribution < -0.4 is 0 Å². The monoisotopic (exact) mass is 228 g/mol. The summed E-state index contributed by atoms with van der Waals surface area (Å²) in [6.45, 7) is 3.98. The fourth-order valence-electron chi connectivity index (χ4n) is 1.37. The van der Waals surface area contributed by atoms with E-state index in [1.807, 2.05) is 13.8 Å². The lowest BCUT2D eigenvalue weighted by Crippen LogP contribution is -2.10. The number of ether oxygens (including phenoxy) is 1. The first-order valence-electron chi connectivity index (χ1n) is 5.11. The van der Waals surface area contributed by atoms with Gasteiger partial charge < -0.3 is 14.4 Å². The summed E-state index contributed by atoms with van der Waals surface area (Å²) in [5, 5.41) is 12.3. The summed E-state index contributed by atoms with van der Waals surface area (Å²) in [6.07, 6.45) is 0.0139. The molecule has 0 amide bonds. The number of carbonyl (C=O) groups is 1. The summed E-state index contributed by atoms with van der Waals surface area (Å²) in [5.41, 5.74) is 0. The number of methoxy groups -OCH3 is 1. The van der Waals surface area contributed by atoms with Crippen LogP contribution in [-0.2, 0) is 16.0 Å². The van der Waals surface area contributed by atoms with Crippen LogP contribution in [-0.4, -0.2) is 28.3 Å². The van der Waals surface area contributed by atoms with E-state index >= 15 is 0 Å². The molecule has 1 aromatic heterocycles. The maximum absolute atomic E-state index is 10.4. The minimum absolute atomic E-state index is 0.0129. The number of carboxylic acid groups (broad SMARTS) is 1. The molecule has 1 N–H and O–H groups in total. The van der Waals surface area contributed by atoms with E-state index < -0.39 is 5.97 Å². The van der Waals surface area contributed by atoms with Gasteiger partial charge in [0.1, 0.15) is 6.10 Å². The fraction of sp³-hybridized carbons (Fsp3) is 0.700. The molecule has 0 aliphatic rings. The lowest BCUT2D eigenvalue weighted by molar-refractivity contribution is -0.137. The van der Waals surface area contributed by atoms with Crippen LogP contribution >= 0.6 is 0 Å². The highest BCUT2D eigenvalue weighted by Crippen LogP contribution is 2.22. The zero-order valence-corrected chi connectivity index (χ0v) is 9.64. The third-order valence-electron chi connectivity index (χ3n) is 2.15. The second-order valence-corrected chi connectivity index (χ2v) is 3.84. The van der Waals surface area contributed by atoms with Gasteiger partial charge in [0.15, 0.2) is 0 Å². The zero-order chi connectivity index (χ0) is 12.1. The minimum atomic E-state index is -0.882. The molecule has 1 atom stereocenters. The van der Waals surface area contributed by atoms with Crippen molar-refractivity contribution in [2.75, 3.05) is 7.11 Å². The van der Waals surface area contributed by atoms with Crippen LogP contribution in [0.5, 0.6) is 0 Å². The Morgan fingerprint density at radius 1 is 1.56 bits per heavy atom. The third kappa shape index (κ3) is 3.30. The van der Waals surface area contributed by atoms with Gasteiger partial charge in [0.2, 0.25) is 11.7 Å². The standard InChI is InChI=1S/C10H16N2O4/c1-6(2)9(15-3)10-11-7(16-12-10)4-5-8(13)14/h6,9H,4-5H2,1-3H3,(H,13,14). The molecule has 0 saturated heterocycles. The van der Waals surface area contributed by atoms with Crippen LogP contribution in [0.3, 0.4) is 0 Å². The van der Waals surface area contributed by atoms with Crippen LogP contribution in [0.15, 0.2) is 4.52 Å². The Balaban J connectivity index is 2.66. The van der Waals surface area contributed by atoms with Crippen molar-refractivity contribution in [2.45, 2.75) is 32.8 Å². The van der Waals surface area contributed by atoms with E-state index in [9.17, 15) is 4.79 Å².